The highest BCUT2D eigenvalue weighted by atomic mass is 31.2. The number of benzene rings is 6. The minimum absolute atomic E-state index is 0.108. The zero-order valence-electron chi connectivity index (χ0n) is 26.5. The summed E-state index contributed by atoms with van der Waals surface area (Å²) in [5, 5.41) is 4.77. The molecule has 0 amide bonds. The Balaban J connectivity index is 1.54. The summed E-state index contributed by atoms with van der Waals surface area (Å²) in [7, 11) is -6.90. The fourth-order valence-corrected chi connectivity index (χ4v) is 14.7. The van der Waals surface area contributed by atoms with Gasteiger partial charge in [0.1, 0.15) is 0 Å². The largest absolute Gasteiger partial charge is 0.403 e. The van der Waals surface area contributed by atoms with Gasteiger partial charge in [-0.2, -0.15) is 4.67 Å². The topological polar surface area (TPSA) is 60.8 Å². The molecule has 1 unspecified atom stereocenters. The van der Waals surface area contributed by atoms with Crippen molar-refractivity contribution in [3.63, 3.8) is 0 Å². The second-order valence-electron chi connectivity index (χ2n) is 12.1. The van der Waals surface area contributed by atoms with E-state index in [1.165, 1.54) is 21.2 Å². The molecule has 0 aromatic heterocycles. The molecule has 0 aliphatic carbocycles. The Labute approximate surface area is 285 Å². The second-order valence-corrected chi connectivity index (χ2v) is 18.3. The van der Waals surface area contributed by atoms with Gasteiger partial charge in [-0.05, 0) is 54.4 Å². The van der Waals surface area contributed by atoms with Crippen molar-refractivity contribution in [3.05, 3.63) is 193 Å². The standard InChI is InChI=1S/C41H38NO3P3/c43-48(44,45)42-31-39(47(37-27-15-5-16-28-37)38-29-17-6-18-30-38)40(33-19-7-1-8-20-33)41(42,34-21-9-2-10-22-34)32-46(35-23-11-3-12-24-35)36-25-13-4-14-26-36/h1-30,39-40H,31-32H2,(H2,43,44,45)/t39-,40?,41-/m1/s1. The van der Waals surface area contributed by atoms with Gasteiger partial charge in [0.15, 0.2) is 0 Å². The maximum Gasteiger partial charge on any atom is 0.403 e. The van der Waals surface area contributed by atoms with E-state index in [9.17, 15) is 14.4 Å². The lowest BCUT2D eigenvalue weighted by Crippen LogP contribution is -2.47. The van der Waals surface area contributed by atoms with Crippen LogP contribution in [0.3, 0.4) is 0 Å². The molecule has 0 spiro atoms. The average molecular weight is 686 g/mol. The first-order valence-corrected chi connectivity index (χ1v) is 20.7. The molecule has 4 nitrogen and oxygen atoms in total. The summed E-state index contributed by atoms with van der Waals surface area (Å²) in [6, 6.07) is 62.8. The Morgan fingerprint density at radius 1 is 0.562 bits per heavy atom. The lowest BCUT2D eigenvalue weighted by molar-refractivity contribution is 0.187. The zero-order valence-corrected chi connectivity index (χ0v) is 29.2. The van der Waals surface area contributed by atoms with E-state index in [0.29, 0.717) is 6.16 Å². The van der Waals surface area contributed by atoms with Gasteiger partial charge in [0.05, 0.1) is 5.54 Å². The Morgan fingerprint density at radius 2 is 0.938 bits per heavy atom. The van der Waals surface area contributed by atoms with Crippen LogP contribution in [0.4, 0.5) is 0 Å². The predicted octanol–water partition coefficient (Wildman–Crippen LogP) is 7.71. The first-order valence-electron chi connectivity index (χ1n) is 16.2. The summed E-state index contributed by atoms with van der Waals surface area (Å²) in [6.07, 6.45) is 0.536. The first-order chi connectivity index (χ1) is 23.5. The Hall–Kier alpha value is -3.71. The van der Waals surface area contributed by atoms with Crippen LogP contribution in [0.25, 0.3) is 0 Å². The molecule has 3 atom stereocenters. The van der Waals surface area contributed by atoms with E-state index in [4.69, 9.17) is 0 Å². The van der Waals surface area contributed by atoms with E-state index < -0.39 is 29.1 Å². The van der Waals surface area contributed by atoms with Crippen molar-refractivity contribution in [3.8, 4) is 0 Å². The van der Waals surface area contributed by atoms with Crippen molar-refractivity contribution >= 4 is 44.8 Å². The minimum atomic E-state index is -4.80. The first kappa shape index (κ1) is 32.8. The van der Waals surface area contributed by atoms with Crippen LogP contribution in [0.1, 0.15) is 17.0 Å². The van der Waals surface area contributed by atoms with E-state index in [1.807, 2.05) is 48.5 Å². The number of rotatable bonds is 10. The molecule has 0 radical (unpaired) electrons. The summed E-state index contributed by atoms with van der Waals surface area (Å²) in [5.41, 5.74) is 0.884. The Bertz CT molecular complexity index is 1870. The van der Waals surface area contributed by atoms with Crippen LogP contribution in [-0.4, -0.2) is 32.8 Å². The Kier molecular flexibility index (Phi) is 9.85. The van der Waals surface area contributed by atoms with Gasteiger partial charge >= 0.3 is 7.75 Å². The fraction of sp³-hybridized carbons (Fsp3) is 0.122. The van der Waals surface area contributed by atoms with Crippen LogP contribution in [0, 0.1) is 0 Å². The maximum atomic E-state index is 14.1. The van der Waals surface area contributed by atoms with E-state index in [2.05, 4.69) is 133 Å². The number of hydrogen-bond acceptors (Lipinski definition) is 1. The van der Waals surface area contributed by atoms with Crippen LogP contribution in [0.5, 0.6) is 0 Å². The highest BCUT2D eigenvalue weighted by molar-refractivity contribution is 7.74. The molecule has 1 fully saturated rings. The molecule has 1 aliphatic heterocycles. The lowest BCUT2D eigenvalue weighted by atomic mass is 9.76. The fourth-order valence-electron chi connectivity index (χ4n) is 7.48. The average Bonchev–Trinajstić information content (AvgIpc) is 3.49. The van der Waals surface area contributed by atoms with E-state index in [1.54, 1.807) is 4.67 Å². The van der Waals surface area contributed by atoms with Crippen LogP contribution >= 0.6 is 23.6 Å². The third kappa shape index (κ3) is 6.50. The molecule has 6 aromatic carbocycles. The van der Waals surface area contributed by atoms with Gasteiger partial charge in [-0.25, -0.2) is 4.57 Å². The van der Waals surface area contributed by atoms with Crippen molar-refractivity contribution < 1.29 is 14.4 Å². The highest BCUT2D eigenvalue weighted by Gasteiger charge is 2.62. The molecule has 0 bridgehead atoms. The molecule has 7 heteroatoms. The molecule has 6 aromatic rings. The van der Waals surface area contributed by atoms with Gasteiger partial charge < -0.3 is 9.79 Å². The van der Waals surface area contributed by atoms with Gasteiger partial charge in [-0.15, -0.1) is 0 Å². The van der Waals surface area contributed by atoms with Crippen molar-refractivity contribution in [1.29, 1.82) is 0 Å². The molecule has 1 heterocycles. The van der Waals surface area contributed by atoms with Crippen LogP contribution < -0.4 is 21.2 Å². The molecule has 1 saturated heterocycles. The van der Waals surface area contributed by atoms with Crippen LogP contribution in [0.15, 0.2) is 182 Å². The normalized spacial score (nSPS) is 19.9. The summed E-state index contributed by atoms with van der Waals surface area (Å²) >= 11 is 0. The third-order valence-corrected chi connectivity index (χ3v) is 16.0. The summed E-state index contributed by atoms with van der Waals surface area (Å²) < 4.78 is 15.7. The van der Waals surface area contributed by atoms with E-state index in [0.717, 1.165) is 11.1 Å². The van der Waals surface area contributed by atoms with Gasteiger partial charge in [-0.3, -0.25) is 0 Å². The summed E-state index contributed by atoms with van der Waals surface area (Å²) in [4.78, 5) is 23.1. The van der Waals surface area contributed by atoms with Gasteiger partial charge in [0, 0.05) is 18.1 Å². The third-order valence-electron chi connectivity index (χ3n) is 9.40. The van der Waals surface area contributed by atoms with Gasteiger partial charge in [0.2, 0.25) is 0 Å². The predicted molar refractivity (Wildman–Crippen MR) is 203 cm³/mol. The SMILES string of the molecule is O=P(O)(O)N1C[C@@H](P(c2ccccc2)c2ccccc2)C(c2ccccc2)[C@@]1(CP(c1ccccc1)c1ccccc1)c1ccccc1. The van der Waals surface area contributed by atoms with Crippen molar-refractivity contribution in [2.45, 2.75) is 17.1 Å². The highest BCUT2D eigenvalue weighted by Crippen LogP contribution is 2.67. The van der Waals surface area contributed by atoms with E-state index in [-0.39, 0.29) is 18.1 Å². The Morgan fingerprint density at radius 3 is 1.35 bits per heavy atom. The van der Waals surface area contributed by atoms with Crippen molar-refractivity contribution in [2.75, 3.05) is 12.7 Å². The molecular formula is C41H38NO3P3. The molecule has 7 rings (SSSR count). The molecule has 2 N–H and O–H groups in total. The summed E-state index contributed by atoms with van der Waals surface area (Å²) in [6.45, 7) is 0.251. The van der Waals surface area contributed by atoms with E-state index >= 15 is 0 Å². The molecular weight excluding hydrogens is 647 g/mol. The number of hydrogen-bond donors (Lipinski definition) is 2. The zero-order chi connectivity index (χ0) is 33.0. The maximum absolute atomic E-state index is 14.1. The summed E-state index contributed by atoms with van der Waals surface area (Å²) in [5.74, 6) is -0.238. The van der Waals surface area contributed by atoms with Crippen LogP contribution in [-0.2, 0) is 10.1 Å². The number of nitrogens with zero attached hydrogens (tertiary/aromatic N) is 1. The molecule has 48 heavy (non-hydrogen) atoms. The quantitative estimate of drug-likeness (QED) is 0.145. The molecule has 0 saturated carbocycles. The minimum Gasteiger partial charge on any atom is -0.312 e. The molecule has 240 valence electrons. The van der Waals surface area contributed by atoms with Gasteiger partial charge in [0.25, 0.3) is 0 Å². The van der Waals surface area contributed by atoms with Crippen molar-refractivity contribution in [1.82, 2.24) is 4.67 Å². The molecule has 1 aliphatic rings. The van der Waals surface area contributed by atoms with Crippen LogP contribution in [0.2, 0.25) is 0 Å². The van der Waals surface area contributed by atoms with Gasteiger partial charge in [-0.1, -0.05) is 182 Å². The smallest absolute Gasteiger partial charge is 0.312 e. The lowest BCUT2D eigenvalue weighted by Gasteiger charge is -2.46. The second kappa shape index (κ2) is 14.4. The van der Waals surface area contributed by atoms with Crippen molar-refractivity contribution in [2.24, 2.45) is 0 Å². The monoisotopic (exact) mass is 685 g/mol.